The van der Waals surface area contributed by atoms with E-state index in [2.05, 4.69) is 15.4 Å². The van der Waals surface area contributed by atoms with E-state index < -0.39 is 46.3 Å². The SMILES string of the molecule is COC(=O)[C@@H](C)NC(=O)C[C@@H]1C(=O)Nc2ccccc2N1S(=O)(=O)c1cc(C)c(Cl)cc1C. The third-order valence-electron chi connectivity index (χ3n) is 5.29. The quantitative estimate of drug-likeness (QED) is 0.596. The maximum absolute atomic E-state index is 13.8. The van der Waals surface area contributed by atoms with Gasteiger partial charge in [-0.2, -0.15) is 0 Å². The Balaban J connectivity index is 2.08. The van der Waals surface area contributed by atoms with Crippen LogP contribution in [0.15, 0.2) is 41.3 Å². The van der Waals surface area contributed by atoms with Crippen LogP contribution in [0.5, 0.6) is 0 Å². The van der Waals surface area contributed by atoms with E-state index >= 15 is 0 Å². The summed E-state index contributed by atoms with van der Waals surface area (Å²) in [5.74, 6) is -2.02. The number of anilines is 2. The van der Waals surface area contributed by atoms with Crippen molar-refractivity contribution in [2.45, 2.75) is 44.2 Å². The van der Waals surface area contributed by atoms with Gasteiger partial charge < -0.3 is 15.4 Å². The summed E-state index contributed by atoms with van der Waals surface area (Å²) in [6.45, 7) is 4.71. The van der Waals surface area contributed by atoms with Crippen molar-refractivity contribution in [3.8, 4) is 0 Å². The van der Waals surface area contributed by atoms with E-state index in [1.165, 1.54) is 20.1 Å². The molecule has 2 N–H and O–H groups in total. The van der Waals surface area contributed by atoms with Crippen molar-refractivity contribution in [2.24, 2.45) is 0 Å². The molecule has 3 rings (SSSR count). The predicted octanol–water partition coefficient (Wildman–Crippen LogP) is 2.54. The monoisotopic (exact) mass is 493 g/mol. The third kappa shape index (κ3) is 4.81. The molecule has 1 aliphatic rings. The van der Waals surface area contributed by atoms with E-state index in [9.17, 15) is 22.8 Å². The van der Waals surface area contributed by atoms with Crippen LogP contribution in [0.3, 0.4) is 0 Å². The summed E-state index contributed by atoms with van der Waals surface area (Å²) in [4.78, 5) is 37.2. The number of benzene rings is 2. The smallest absolute Gasteiger partial charge is 0.328 e. The van der Waals surface area contributed by atoms with Gasteiger partial charge in [0.25, 0.3) is 10.0 Å². The van der Waals surface area contributed by atoms with Gasteiger partial charge in [0, 0.05) is 5.02 Å². The minimum Gasteiger partial charge on any atom is -0.467 e. The largest absolute Gasteiger partial charge is 0.467 e. The lowest BCUT2D eigenvalue weighted by molar-refractivity contribution is -0.144. The van der Waals surface area contributed by atoms with Gasteiger partial charge in [0.2, 0.25) is 11.8 Å². The average molecular weight is 494 g/mol. The molecule has 2 aromatic carbocycles. The number of rotatable bonds is 6. The van der Waals surface area contributed by atoms with Gasteiger partial charge in [-0.15, -0.1) is 0 Å². The molecule has 0 saturated heterocycles. The Kier molecular flexibility index (Phi) is 6.99. The molecule has 9 nitrogen and oxygen atoms in total. The fraction of sp³-hybridized carbons (Fsp3) is 0.318. The zero-order valence-corrected chi connectivity index (χ0v) is 20.1. The second-order valence-electron chi connectivity index (χ2n) is 7.71. The van der Waals surface area contributed by atoms with Crippen LogP contribution < -0.4 is 14.9 Å². The Morgan fingerprint density at radius 3 is 2.55 bits per heavy atom. The van der Waals surface area contributed by atoms with Crippen LogP contribution in [-0.4, -0.2) is 45.4 Å². The van der Waals surface area contributed by atoms with Gasteiger partial charge in [0.15, 0.2) is 0 Å². The van der Waals surface area contributed by atoms with Gasteiger partial charge in [-0.3, -0.25) is 13.9 Å². The second kappa shape index (κ2) is 9.40. The molecule has 0 unspecified atom stereocenters. The summed E-state index contributed by atoms with van der Waals surface area (Å²) in [6, 6.07) is 7.05. The summed E-state index contributed by atoms with van der Waals surface area (Å²) in [5, 5.41) is 5.50. The number of sulfonamides is 1. The number of nitrogens with zero attached hydrogens (tertiary/aromatic N) is 1. The molecule has 1 aliphatic heterocycles. The van der Waals surface area contributed by atoms with Crippen LogP contribution in [0, 0.1) is 13.8 Å². The summed E-state index contributed by atoms with van der Waals surface area (Å²) >= 11 is 6.15. The molecule has 0 fully saturated rings. The van der Waals surface area contributed by atoms with Gasteiger partial charge in [-0.25, -0.2) is 13.2 Å². The molecular weight excluding hydrogens is 470 g/mol. The Bertz CT molecular complexity index is 1230. The van der Waals surface area contributed by atoms with Gasteiger partial charge in [-0.05, 0) is 56.2 Å². The fourth-order valence-electron chi connectivity index (χ4n) is 3.58. The van der Waals surface area contributed by atoms with Crippen molar-refractivity contribution < 1.29 is 27.5 Å². The Morgan fingerprint density at radius 2 is 1.88 bits per heavy atom. The molecule has 0 aromatic heterocycles. The Labute approximate surface area is 197 Å². The van der Waals surface area contributed by atoms with Gasteiger partial charge >= 0.3 is 5.97 Å². The predicted molar refractivity (Wildman–Crippen MR) is 124 cm³/mol. The first-order chi connectivity index (χ1) is 15.5. The van der Waals surface area contributed by atoms with Gasteiger partial charge in [0.1, 0.15) is 12.1 Å². The maximum atomic E-state index is 13.8. The van der Waals surface area contributed by atoms with Gasteiger partial charge in [0.05, 0.1) is 29.8 Å². The highest BCUT2D eigenvalue weighted by Crippen LogP contribution is 2.38. The molecule has 2 aromatic rings. The van der Waals surface area contributed by atoms with Crippen molar-refractivity contribution >= 4 is 50.8 Å². The molecule has 11 heteroatoms. The molecule has 0 bridgehead atoms. The first-order valence-corrected chi connectivity index (χ1v) is 11.9. The molecule has 0 radical (unpaired) electrons. The first kappa shape index (κ1) is 24.5. The highest BCUT2D eigenvalue weighted by atomic mass is 35.5. The molecule has 1 heterocycles. The number of hydrogen-bond donors (Lipinski definition) is 2. The summed E-state index contributed by atoms with van der Waals surface area (Å²) in [6.07, 6.45) is -0.508. The second-order valence-corrected chi connectivity index (χ2v) is 9.90. The highest BCUT2D eigenvalue weighted by molar-refractivity contribution is 7.93. The molecule has 176 valence electrons. The van der Waals surface area contributed by atoms with Crippen molar-refractivity contribution in [2.75, 3.05) is 16.7 Å². The summed E-state index contributed by atoms with van der Waals surface area (Å²) in [7, 11) is -3.10. The van der Waals surface area contributed by atoms with E-state index in [4.69, 9.17) is 11.6 Å². The first-order valence-electron chi connectivity index (χ1n) is 10.1. The number of carbonyl (C=O) groups is 3. The van der Waals surface area contributed by atoms with E-state index in [0.717, 1.165) is 4.31 Å². The number of methoxy groups -OCH3 is 1. The molecule has 0 spiro atoms. The zero-order valence-electron chi connectivity index (χ0n) is 18.5. The van der Waals surface area contributed by atoms with E-state index in [-0.39, 0.29) is 10.6 Å². The standard InChI is InChI=1S/C22H24ClN3O6S/c1-12-10-19(13(2)9-15(12)23)33(30,31)26-17-8-6-5-7-16(17)25-21(28)18(26)11-20(27)24-14(3)22(29)32-4/h5-10,14,18H,11H2,1-4H3,(H,24,27)(H,25,28)/t14-,18-/m1/s1. The van der Waals surface area contributed by atoms with Crippen molar-refractivity contribution in [3.63, 3.8) is 0 Å². The number of aryl methyl sites for hydroxylation is 2. The van der Waals surface area contributed by atoms with E-state index in [1.807, 2.05) is 0 Å². The number of amides is 2. The minimum atomic E-state index is -4.28. The van der Waals surface area contributed by atoms with Crippen molar-refractivity contribution in [1.29, 1.82) is 0 Å². The number of halogens is 1. The third-order valence-corrected chi connectivity index (χ3v) is 7.66. The molecule has 0 aliphatic carbocycles. The van der Waals surface area contributed by atoms with E-state index in [0.29, 0.717) is 21.8 Å². The zero-order chi connectivity index (χ0) is 24.5. The molecule has 0 saturated carbocycles. The Hall–Kier alpha value is -3.11. The van der Waals surface area contributed by atoms with Crippen LogP contribution >= 0.6 is 11.6 Å². The topological polar surface area (TPSA) is 122 Å². The van der Waals surface area contributed by atoms with E-state index in [1.54, 1.807) is 44.2 Å². The lowest BCUT2D eigenvalue weighted by atomic mass is 10.1. The highest BCUT2D eigenvalue weighted by Gasteiger charge is 2.42. The minimum absolute atomic E-state index is 0.0257. The Morgan fingerprint density at radius 1 is 1.21 bits per heavy atom. The number of nitrogens with one attached hydrogen (secondary N) is 2. The number of esters is 1. The number of fused-ring (bicyclic) bond motifs is 1. The molecular formula is C22H24ClN3O6S. The van der Waals surface area contributed by atoms with Gasteiger partial charge in [-0.1, -0.05) is 23.7 Å². The lowest BCUT2D eigenvalue weighted by Crippen LogP contribution is -2.53. The summed E-state index contributed by atoms with van der Waals surface area (Å²) < 4.78 is 33.2. The molecule has 33 heavy (non-hydrogen) atoms. The number of para-hydroxylation sites is 2. The normalized spacial score (nSPS) is 16.5. The maximum Gasteiger partial charge on any atom is 0.328 e. The average Bonchev–Trinajstić information content (AvgIpc) is 2.75. The van der Waals surface area contributed by atoms with Crippen LogP contribution in [0.1, 0.15) is 24.5 Å². The molecule has 2 atom stereocenters. The van der Waals surface area contributed by atoms with Crippen molar-refractivity contribution in [1.82, 2.24) is 5.32 Å². The fourth-order valence-corrected chi connectivity index (χ4v) is 5.73. The van der Waals surface area contributed by atoms with Crippen molar-refractivity contribution in [3.05, 3.63) is 52.5 Å². The summed E-state index contributed by atoms with van der Waals surface area (Å²) in [5.41, 5.74) is 1.48. The molecule has 2 amide bonds. The lowest BCUT2D eigenvalue weighted by Gasteiger charge is -2.37. The van der Waals surface area contributed by atoms with Crippen LogP contribution in [0.2, 0.25) is 5.02 Å². The van der Waals surface area contributed by atoms with Crippen LogP contribution in [-0.2, 0) is 29.1 Å². The number of ether oxygens (including phenoxy) is 1. The number of carbonyl (C=O) groups excluding carboxylic acids is 3. The van der Waals surface area contributed by atoms with Crippen LogP contribution in [0.4, 0.5) is 11.4 Å². The number of hydrogen-bond acceptors (Lipinski definition) is 6. The van der Waals surface area contributed by atoms with Crippen LogP contribution in [0.25, 0.3) is 0 Å².